The molecule has 0 radical (unpaired) electrons. The summed E-state index contributed by atoms with van der Waals surface area (Å²) in [5.41, 5.74) is 2.58. The summed E-state index contributed by atoms with van der Waals surface area (Å²) < 4.78 is 0. The lowest BCUT2D eigenvalue weighted by Gasteiger charge is -2.41. The number of nitrogens with one attached hydrogen (secondary N) is 1. The van der Waals surface area contributed by atoms with E-state index in [9.17, 15) is 4.79 Å². The maximum atomic E-state index is 13.0. The fourth-order valence-electron chi connectivity index (χ4n) is 4.21. The van der Waals surface area contributed by atoms with Crippen LogP contribution in [0.15, 0.2) is 12.1 Å². The van der Waals surface area contributed by atoms with Crippen molar-refractivity contribution in [3.8, 4) is 0 Å². The van der Waals surface area contributed by atoms with Gasteiger partial charge < -0.3 is 14.8 Å². The van der Waals surface area contributed by atoms with Crippen LogP contribution in [-0.2, 0) is 0 Å². The van der Waals surface area contributed by atoms with Crippen LogP contribution in [0.2, 0.25) is 5.02 Å². The number of aromatic amines is 1. The van der Waals surface area contributed by atoms with Crippen LogP contribution in [0.5, 0.6) is 0 Å². The van der Waals surface area contributed by atoms with Gasteiger partial charge in [-0.2, -0.15) is 0 Å². The quantitative estimate of drug-likeness (QED) is 0.816. The van der Waals surface area contributed by atoms with E-state index in [1.807, 2.05) is 44.7 Å². The number of carbonyl (C=O) groups excluding carboxylic acids is 1. The van der Waals surface area contributed by atoms with Crippen LogP contribution in [0.4, 0.5) is 5.69 Å². The van der Waals surface area contributed by atoms with Gasteiger partial charge in [-0.1, -0.05) is 18.5 Å². The van der Waals surface area contributed by atoms with Crippen molar-refractivity contribution in [1.29, 1.82) is 0 Å². The molecule has 28 heavy (non-hydrogen) atoms. The predicted octanol–water partition coefficient (Wildman–Crippen LogP) is 4.01. The smallest absolute Gasteiger partial charge is 0.290 e. The number of nitrogens with zero attached hydrogens (tertiary/aromatic N) is 4. The van der Waals surface area contributed by atoms with Gasteiger partial charge in [0, 0.05) is 37.8 Å². The number of halogens is 1. The Hall–Kier alpha value is -1.79. The Morgan fingerprint density at radius 3 is 2.54 bits per heavy atom. The average molecular weight is 406 g/mol. The predicted molar refractivity (Wildman–Crippen MR) is 116 cm³/mol. The molecule has 7 heteroatoms. The molecule has 1 aliphatic rings. The molecule has 1 saturated heterocycles. The van der Waals surface area contributed by atoms with E-state index in [4.69, 9.17) is 11.6 Å². The molecular weight excluding hydrogens is 374 g/mol. The van der Waals surface area contributed by atoms with E-state index in [-0.39, 0.29) is 18.0 Å². The Morgan fingerprint density at radius 1 is 1.29 bits per heavy atom. The van der Waals surface area contributed by atoms with Gasteiger partial charge in [0.2, 0.25) is 0 Å². The highest BCUT2D eigenvalue weighted by Gasteiger charge is 2.27. The van der Waals surface area contributed by atoms with Crippen molar-refractivity contribution in [3.63, 3.8) is 0 Å². The largest absolute Gasteiger partial charge is 0.365 e. The average Bonchev–Trinajstić information content (AvgIpc) is 3.03. The topological polar surface area (TPSA) is 55.5 Å². The number of imidazole rings is 1. The van der Waals surface area contributed by atoms with Crippen molar-refractivity contribution in [2.75, 3.05) is 31.1 Å². The van der Waals surface area contributed by atoms with Gasteiger partial charge in [-0.15, -0.1) is 0 Å². The van der Waals surface area contributed by atoms with Crippen molar-refractivity contribution >= 4 is 34.2 Å². The molecule has 1 aromatic carbocycles. The lowest BCUT2D eigenvalue weighted by Crippen LogP contribution is -2.51. The fraction of sp³-hybridized carbons (Fsp3) is 0.619. The summed E-state index contributed by atoms with van der Waals surface area (Å²) in [5, 5.41) is 0.680. The van der Waals surface area contributed by atoms with Crippen LogP contribution in [0.25, 0.3) is 11.0 Å². The molecule has 0 bridgehead atoms. The summed E-state index contributed by atoms with van der Waals surface area (Å²) >= 11 is 6.62. The number of benzene rings is 1. The zero-order chi connectivity index (χ0) is 20.6. The minimum absolute atomic E-state index is 0.0798. The van der Waals surface area contributed by atoms with Gasteiger partial charge in [-0.25, -0.2) is 4.98 Å². The molecule has 1 fully saturated rings. The highest BCUT2D eigenvalue weighted by atomic mass is 35.5. The standard InChI is InChI=1S/C21H32ClN5O/c1-7-25-8-9-26(15(6)12-25)19-11-18-17(10-16(19)22)23-20(24-18)21(28)27(13(2)3)14(4)5/h10-11,13-15H,7-9,12H2,1-6H3,(H,23,24). The Kier molecular flexibility index (Phi) is 6.20. The molecule has 0 saturated carbocycles. The third-order valence-electron chi connectivity index (χ3n) is 5.57. The van der Waals surface area contributed by atoms with Crippen molar-refractivity contribution in [2.45, 2.75) is 59.7 Å². The number of hydrogen-bond acceptors (Lipinski definition) is 4. The summed E-state index contributed by atoms with van der Waals surface area (Å²) in [6.07, 6.45) is 0. The molecule has 1 aromatic heterocycles. The van der Waals surface area contributed by atoms with E-state index in [0.717, 1.165) is 42.9 Å². The van der Waals surface area contributed by atoms with E-state index >= 15 is 0 Å². The molecule has 2 aromatic rings. The third-order valence-corrected chi connectivity index (χ3v) is 5.87. The van der Waals surface area contributed by atoms with E-state index in [1.165, 1.54) is 0 Å². The first-order chi connectivity index (χ1) is 13.2. The summed E-state index contributed by atoms with van der Waals surface area (Å²) in [7, 11) is 0. The minimum atomic E-state index is -0.0798. The number of anilines is 1. The number of amides is 1. The molecule has 6 nitrogen and oxygen atoms in total. The van der Waals surface area contributed by atoms with E-state index in [0.29, 0.717) is 16.9 Å². The SMILES string of the molecule is CCN1CCN(c2cc3[nH]c(C(=O)N(C(C)C)C(C)C)nc3cc2Cl)C(C)C1. The van der Waals surface area contributed by atoms with Crippen molar-refractivity contribution in [1.82, 2.24) is 19.8 Å². The van der Waals surface area contributed by atoms with Gasteiger partial charge in [0.05, 0.1) is 21.7 Å². The molecule has 1 atom stereocenters. The molecule has 0 aliphatic carbocycles. The Balaban J connectivity index is 1.93. The van der Waals surface area contributed by atoms with Gasteiger partial charge in [0.15, 0.2) is 5.82 Å². The van der Waals surface area contributed by atoms with Crippen LogP contribution in [0.1, 0.15) is 52.2 Å². The Bertz CT molecular complexity index is 839. The van der Waals surface area contributed by atoms with Gasteiger partial charge in [0.25, 0.3) is 5.91 Å². The molecule has 1 N–H and O–H groups in total. The zero-order valence-corrected chi connectivity index (χ0v) is 18.5. The molecule has 3 rings (SSSR count). The number of fused-ring (bicyclic) bond motifs is 1. The van der Waals surface area contributed by atoms with Crippen LogP contribution >= 0.6 is 11.6 Å². The minimum Gasteiger partial charge on any atom is -0.365 e. The summed E-state index contributed by atoms with van der Waals surface area (Å²) in [4.78, 5) is 27.4. The normalized spacial score (nSPS) is 18.5. The zero-order valence-electron chi connectivity index (χ0n) is 17.8. The lowest BCUT2D eigenvalue weighted by atomic mass is 10.1. The van der Waals surface area contributed by atoms with Crippen molar-refractivity contribution in [2.24, 2.45) is 0 Å². The van der Waals surface area contributed by atoms with Gasteiger partial charge in [-0.05, 0) is 53.3 Å². The van der Waals surface area contributed by atoms with Gasteiger partial charge in [0.1, 0.15) is 0 Å². The van der Waals surface area contributed by atoms with Crippen molar-refractivity contribution in [3.05, 3.63) is 23.0 Å². The second-order valence-electron chi connectivity index (χ2n) is 8.24. The number of carbonyl (C=O) groups is 1. The van der Waals surface area contributed by atoms with E-state index in [1.54, 1.807) is 0 Å². The van der Waals surface area contributed by atoms with Gasteiger partial charge >= 0.3 is 0 Å². The Morgan fingerprint density at radius 2 is 1.96 bits per heavy atom. The molecular formula is C21H32ClN5O. The summed E-state index contributed by atoms with van der Waals surface area (Å²) in [5.74, 6) is 0.290. The number of piperazine rings is 1. The molecule has 1 aliphatic heterocycles. The maximum Gasteiger partial charge on any atom is 0.290 e. The van der Waals surface area contributed by atoms with Gasteiger partial charge in [-0.3, -0.25) is 9.69 Å². The van der Waals surface area contributed by atoms with E-state index in [2.05, 4.69) is 33.6 Å². The van der Waals surface area contributed by atoms with Crippen LogP contribution in [0, 0.1) is 0 Å². The summed E-state index contributed by atoms with van der Waals surface area (Å²) in [6, 6.07) is 4.50. The second kappa shape index (κ2) is 8.29. The van der Waals surface area contributed by atoms with E-state index < -0.39 is 0 Å². The van der Waals surface area contributed by atoms with Crippen LogP contribution in [0.3, 0.4) is 0 Å². The van der Waals surface area contributed by atoms with Crippen LogP contribution in [-0.4, -0.2) is 70.0 Å². The second-order valence-corrected chi connectivity index (χ2v) is 8.65. The lowest BCUT2D eigenvalue weighted by molar-refractivity contribution is 0.0632. The Labute approximate surface area is 172 Å². The third kappa shape index (κ3) is 3.98. The first-order valence-electron chi connectivity index (χ1n) is 10.2. The number of likely N-dealkylation sites (N-methyl/N-ethyl adjacent to an activating group) is 1. The monoisotopic (exact) mass is 405 g/mol. The van der Waals surface area contributed by atoms with Crippen molar-refractivity contribution < 1.29 is 4.79 Å². The molecule has 154 valence electrons. The molecule has 1 unspecified atom stereocenters. The maximum absolute atomic E-state index is 13.0. The first-order valence-corrected chi connectivity index (χ1v) is 10.6. The number of hydrogen-bond donors (Lipinski definition) is 1. The molecule has 0 spiro atoms. The highest BCUT2D eigenvalue weighted by Crippen LogP contribution is 2.32. The molecule has 2 heterocycles. The highest BCUT2D eigenvalue weighted by molar-refractivity contribution is 6.34. The molecule has 1 amide bonds. The summed E-state index contributed by atoms with van der Waals surface area (Å²) in [6.45, 7) is 16.6. The number of rotatable bonds is 5. The number of H-pyrrole nitrogens is 1. The number of aromatic nitrogens is 2. The van der Waals surface area contributed by atoms with Crippen LogP contribution < -0.4 is 4.90 Å². The first kappa shape index (κ1) is 20.9. The fourth-order valence-corrected chi connectivity index (χ4v) is 4.47.